The zero-order valence-corrected chi connectivity index (χ0v) is 12.0. The number of carbonyl (C=O) groups excluding carboxylic acids is 1. The minimum absolute atomic E-state index is 0.00256. The van der Waals surface area contributed by atoms with Crippen molar-refractivity contribution in [1.29, 1.82) is 0 Å². The number of carbonyl (C=O) groups is 1. The van der Waals surface area contributed by atoms with Crippen molar-refractivity contribution >= 4 is 23.2 Å². The molecule has 0 aliphatic heterocycles. The maximum Gasteiger partial charge on any atom is 0.242 e. The molecule has 0 bridgehead atoms. The molecule has 0 aromatic heterocycles. The Kier molecular flexibility index (Phi) is 5.99. The fourth-order valence-corrected chi connectivity index (χ4v) is 1.91. The standard InChI is InChI=1S/C14H21ClN2O/c1-4-5-9-16-14(18)11(3)17-13-10(2)7-6-8-12(13)15/h6-8,11,17H,4-5,9H2,1-3H3,(H,16,18). The summed E-state index contributed by atoms with van der Waals surface area (Å²) >= 11 is 6.11. The van der Waals surface area contributed by atoms with Crippen molar-refractivity contribution in [3.8, 4) is 0 Å². The molecule has 100 valence electrons. The van der Waals surface area contributed by atoms with E-state index in [9.17, 15) is 4.79 Å². The van der Waals surface area contributed by atoms with Gasteiger partial charge in [-0.15, -0.1) is 0 Å². The second-order valence-electron chi connectivity index (χ2n) is 4.44. The van der Waals surface area contributed by atoms with Crippen LogP contribution in [0.5, 0.6) is 0 Å². The van der Waals surface area contributed by atoms with E-state index >= 15 is 0 Å². The van der Waals surface area contributed by atoms with Crippen LogP contribution < -0.4 is 10.6 Å². The van der Waals surface area contributed by atoms with Crippen molar-refractivity contribution < 1.29 is 4.79 Å². The molecule has 2 N–H and O–H groups in total. The van der Waals surface area contributed by atoms with Gasteiger partial charge >= 0.3 is 0 Å². The number of anilines is 1. The van der Waals surface area contributed by atoms with Gasteiger partial charge in [-0.3, -0.25) is 4.79 Å². The van der Waals surface area contributed by atoms with E-state index in [-0.39, 0.29) is 11.9 Å². The molecule has 0 saturated heterocycles. The third-order valence-electron chi connectivity index (χ3n) is 2.81. The lowest BCUT2D eigenvalue weighted by atomic mass is 10.2. The minimum Gasteiger partial charge on any atom is -0.372 e. The molecule has 0 aliphatic rings. The third kappa shape index (κ3) is 4.22. The summed E-state index contributed by atoms with van der Waals surface area (Å²) in [6.45, 7) is 6.63. The lowest BCUT2D eigenvalue weighted by Gasteiger charge is -2.17. The SMILES string of the molecule is CCCCNC(=O)C(C)Nc1c(C)cccc1Cl. The number of amides is 1. The predicted octanol–water partition coefficient (Wildman–Crippen LogP) is 3.37. The summed E-state index contributed by atoms with van der Waals surface area (Å²) in [5.41, 5.74) is 1.87. The number of benzene rings is 1. The molecule has 0 saturated carbocycles. The smallest absolute Gasteiger partial charge is 0.242 e. The van der Waals surface area contributed by atoms with Gasteiger partial charge in [0.2, 0.25) is 5.91 Å². The Morgan fingerprint density at radius 3 is 2.78 bits per heavy atom. The van der Waals surface area contributed by atoms with Crippen molar-refractivity contribution in [2.24, 2.45) is 0 Å². The summed E-state index contributed by atoms with van der Waals surface area (Å²) in [7, 11) is 0. The molecule has 0 radical (unpaired) electrons. The Morgan fingerprint density at radius 2 is 2.17 bits per heavy atom. The van der Waals surface area contributed by atoms with Crippen molar-refractivity contribution in [2.45, 2.75) is 39.7 Å². The molecular formula is C14H21ClN2O. The maximum absolute atomic E-state index is 11.8. The maximum atomic E-state index is 11.8. The fourth-order valence-electron chi connectivity index (χ4n) is 1.64. The van der Waals surface area contributed by atoms with E-state index < -0.39 is 0 Å². The van der Waals surface area contributed by atoms with Gasteiger partial charge in [0.15, 0.2) is 0 Å². The van der Waals surface area contributed by atoms with Gasteiger partial charge in [-0.1, -0.05) is 37.1 Å². The summed E-state index contributed by atoms with van der Waals surface area (Å²) in [4.78, 5) is 11.8. The molecule has 3 nitrogen and oxygen atoms in total. The summed E-state index contributed by atoms with van der Waals surface area (Å²) in [5, 5.41) is 6.70. The van der Waals surface area contributed by atoms with Crippen molar-refractivity contribution in [2.75, 3.05) is 11.9 Å². The first kappa shape index (κ1) is 14.8. The number of nitrogens with one attached hydrogen (secondary N) is 2. The molecule has 1 aromatic carbocycles. The number of hydrogen-bond acceptors (Lipinski definition) is 2. The van der Waals surface area contributed by atoms with Gasteiger partial charge in [0, 0.05) is 6.54 Å². The lowest BCUT2D eigenvalue weighted by molar-refractivity contribution is -0.121. The molecule has 1 atom stereocenters. The molecule has 4 heteroatoms. The van der Waals surface area contributed by atoms with E-state index in [0.29, 0.717) is 5.02 Å². The van der Waals surface area contributed by atoms with E-state index in [1.54, 1.807) is 0 Å². The van der Waals surface area contributed by atoms with Gasteiger partial charge in [-0.2, -0.15) is 0 Å². The highest BCUT2D eigenvalue weighted by molar-refractivity contribution is 6.33. The van der Waals surface area contributed by atoms with Crippen LogP contribution in [0.25, 0.3) is 0 Å². The topological polar surface area (TPSA) is 41.1 Å². The van der Waals surface area contributed by atoms with E-state index in [4.69, 9.17) is 11.6 Å². The van der Waals surface area contributed by atoms with E-state index in [1.807, 2.05) is 32.0 Å². The number of hydrogen-bond donors (Lipinski definition) is 2. The average Bonchev–Trinajstić information content (AvgIpc) is 2.34. The van der Waals surface area contributed by atoms with E-state index in [1.165, 1.54) is 0 Å². The highest BCUT2D eigenvalue weighted by Crippen LogP contribution is 2.25. The van der Waals surface area contributed by atoms with Gasteiger partial charge in [0.25, 0.3) is 0 Å². The first-order chi connectivity index (χ1) is 8.56. The fraction of sp³-hybridized carbons (Fsp3) is 0.500. The van der Waals surface area contributed by atoms with Crippen molar-refractivity contribution in [3.05, 3.63) is 28.8 Å². The van der Waals surface area contributed by atoms with Crippen LogP contribution in [0.15, 0.2) is 18.2 Å². The zero-order valence-electron chi connectivity index (χ0n) is 11.2. The molecular weight excluding hydrogens is 248 g/mol. The largest absolute Gasteiger partial charge is 0.372 e. The summed E-state index contributed by atoms with van der Waals surface area (Å²) in [5.74, 6) is 0.00256. The second kappa shape index (κ2) is 7.27. The summed E-state index contributed by atoms with van der Waals surface area (Å²) in [6, 6.07) is 5.39. The highest BCUT2D eigenvalue weighted by Gasteiger charge is 2.14. The van der Waals surface area contributed by atoms with Crippen LogP contribution in [0, 0.1) is 6.92 Å². The van der Waals surface area contributed by atoms with Crippen LogP contribution in [0.2, 0.25) is 5.02 Å². The molecule has 1 amide bonds. The normalized spacial score (nSPS) is 12.0. The number of halogens is 1. The Hall–Kier alpha value is -1.22. The van der Waals surface area contributed by atoms with Gasteiger partial charge in [0.1, 0.15) is 6.04 Å². The first-order valence-corrected chi connectivity index (χ1v) is 6.73. The first-order valence-electron chi connectivity index (χ1n) is 6.35. The molecule has 18 heavy (non-hydrogen) atoms. The number of para-hydroxylation sites is 1. The molecule has 0 spiro atoms. The van der Waals surface area contributed by atoms with Crippen LogP contribution >= 0.6 is 11.6 Å². The molecule has 0 aliphatic carbocycles. The molecule has 1 aromatic rings. The quantitative estimate of drug-likeness (QED) is 0.777. The number of unbranched alkanes of at least 4 members (excludes halogenated alkanes) is 1. The Morgan fingerprint density at radius 1 is 1.44 bits per heavy atom. The summed E-state index contributed by atoms with van der Waals surface area (Å²) < 4.78 is 0. The van der Waals surface area contributed by atoms with Crippen LogP contribution in [0.3, 0.4) is 0 Å². The zero-order chi connectivity index (χ0) is 13.5. The van der Waals surface area contributed by atoms with Gasteiger partial charge < -0.3 is 10.6 Å². The molecule has 1 unspecified atom stereocenters. The van der Waals surface area contributed by atoms with E-state index in [2.05, 4.69) is 17.6 Å². The Bertz CT molecular complexity index is 387. The Labute approximate surface area is 114 Å². The van der Waals surface area contributed by atoms with Crippen molar-refractivity contribution in [1.82, 2.24) is 5.32 Å². The van der Waals surface area contributed by atoms with Crippen LogP contribution in [0.4, 0.5) is 5.69 Å². The van der Waals surface area contributed by atoms with Crippen LogP contribution in [-0.4, -0.2) is 18.5 Å². The summed E-state index contributed by atoms with van der Waals surface area (Å²) in [6.07, 6.45) is 2.08. The molecule has 0 heterocycles. The Balaban J connectivity index is 2.58. The minimum atomic E-state index is -0.291. The average molecular weight is 269 g/mol. The van der Waals surface area contributed by atoms with Crippen LogP contribution in [0.1, 0.15) is 32.3 Å². The molecule has 1 rings (SSSR count). The predicted molar refractivity (Wildman–Crippen MR) is 77.2 cm³/mol. The van der Waals surface area contributed by atoms with E-state index in [0.717, 1.165) is 30.6 Å². The van der Waals surface area contributed by atoms with Crippen molar-refractivity contribution in [3.63, 3.8) is 0 Å². The number of rotatable bonds is 6. The second-order valence-corrected chi connectivity index (χ2v) is 4.85. The molecule has 0 fully saturated rings. The van der Waals surface area contributed by atoms with Gasteiger partial charge in [-0.25, -0.2) is 0 Å². The lowest BCUT2D eigenvalue weighted by Crippen LogP contribution is -2.38. The third-order valence-corrected chi connectivity index (χ3v) is 3.12. The highest BCUT2D eigenvalue weighted by atomic mass is 35.5. The van der Waals surface area contributed by atoms with Gasteiger partial charge in [-0.05, 0) is 31.9 Å². The van der Waals surface area contributed by atoms with Crippen LogP contribution in [-0.2, 0) is 4.79 Å². The number of aryl methyl sites for hydroxylation is 1. The van der Waals surface area contributed by atoms with Gasteiger partial charge in [0.05, 0.1) is 10.7 Å². The monoisotopic (exact) mass is 268 g/mol.